The minimum Gasteiger partial charge on any atom is -0.504 e. The van der Waals surface area contributed by atoms with Gasteiger partial charge in [0.25, 0.3) is 0 Å². The van der Waals surface area contributed by atoms with Crippen molar-refractivity contribution in [2.45, 2.75) is 89.0 Å². The summed E-state index contributed by atoms with van der Waals surface area (Å²) in [6.07, 6.45) is 6.67. The van der Waals surface area contributed by atoms with Crippen molar-refractivity contribution in [2.24, 2.45) is 5.92 Å². The van der Waals surface area contributed by atoms with Gasteiger partial charge < -0.3 is 19.5 Å². The van der Waals surface area contributed by atoms with Gasteiger partial charge in [0.1, 0.15) is 11.7 Å². The minimum atomic E-state index is -0.842. The van der Waals surface area contributed by atoms with E-state index >= 15 is 0 Å². The highest BCUT2D eigenvalue weighted by molar-refractivity contribution is 5.92. The van der Waals surface area contributed by atoms with Gasteiger partial charge in [0, 0.05) is 31.7 Å². The van der Waals surface area contributed by atoms with Crippen LogP contribution in [0.3, 0.4) is 0 Å². The first-order valence-corrected chi connectivity index (χ1v) is 17.2. The Morgan fingerprint density at radius 1 is 1.11 bits per heavy atom. The third-order valence-corrected chi connectivity index (χ3v) is 11.1. The molecular weight excluding hydrogens is 588 g/mol. The maximum atomic E-state index is 14.2. The van der Waals surface area contributed by atoms with E-state index in [1.54, 1.807) is 12.1 Å². The van der Waals surface area contributed by atoms with Gasteiger partial charge in [-0.3, -0.25) is 14.5 Å². The van der Waals surface area contributed by atoms with Crippen LogP contribution in [0.4, 0.5) is 0 Å². The van der Waals surface area contributed by atoms with Crippen LogP contribution in [-0.4, -0.2) is 70.2 Å². The van der Waals surface area contributed by atoms with Gasteiger partial charge in [-0.2, -0.15) is 0 Å². The molecule has 0 aromatic heterocycles. The molecule has 3 aromatic rings. The molecule has 7 heteroatoms. The molecular formula is C40H46N2O5. The van der Waals surface area contributed by atoms with E-state index in [1.165, 1.54) is 12.5 Å². The largest absolute Gasteiger partial charge is 0.504 e. The van der Waals surface area contributed by atoms with Gasteiger partial charge in [0.2, 0.25) is 5.91 Å². The van der Waals surface area contributed by atoms with Crippen molar-refractivity contribution in [1.82, 2.24) is 9.80 Å². The molecule has 2 aliphatic carbocycles. The van der Waals surface area contributed by atoms with E-state index in [4.69, 9.17) is 9.47 Å². The van der Waals surface area contributed by atoms with Crippen LogP contribution in [0, 0.1) is 12.8 Å². The number of carbonyl (C=O) groups is 2. The van der Waals surface area contributed by atoms with Crippen molar-refractivity contribution in [3.8, 4) is 11.5 Å². The highest BCUT2D eigenvalue weighted by Crippen LogP contribution is 2.67. The average Bonchev–Trinajstić information content (AvgIpc) is 3.39. The maximum Gasteiger partial charge on any atom is 0.303 e. The predicted molar refractivity (Wildman–Crippen MR) is 182 cm³/mol. The van der Waals surface area contributed by atoms with Crippen LogP contribution in [0.5, 0.6) is 11.5 Å². The van der Waals surface area contributed by atoms with Crippen molar-refractivity contribution in [1.29, 1.82) is 0 Å². The van der Waals surface area contributed by atoms with Crippen molar-refractivity contribution in [3.63, 3.8) is 0 Å². The van der Waals surface area contributed by atoms with E-state index in [9.17, 15) is 14.7 Å². The number of piperidine rings is 1. The summed E-state index contributed by atoms with van der Waals surface area (Å²) in [7, 11) is 0. The number of ether oxygens (including phenoxy) is 2. The van der Waals surface area contributed by atoms with Gasteiger partial charge >= 0.3 is 5.97 Å². The number of likely N-dealkylation sites (tertiary alicyclic amines) is 1. The first kappa shape index (κ1) is 31.5. The Morgan fingerprint density at radius 2 is 1.91 bits per heavy atom. The zero-order valence-corrected chi connectivity index (χ0v) is 27.9. The van der Waals surface area contributed by atoms with Crippen LogP contribution < -0.4 is 4.74 Å². The monoisotopic (exact) mass is 634 g/mol. The molecule has 1 spiro atoms. The Bertz CT molecular complexity index is 1700. The fourth-order valence-electron chi connectivity index (χ4n) is 9.36. The fourth-order valence-corrected chi connectivity index (χ4v) is 9.36. The van der Waals surface area contributed by atoms with Crippen molar-refractivity contribution in [2.75, 3.05) is 19.6 Å². The molecule has 2 heterocycles. The van der Waals surface area contributed by atoms with Crippen LogP contribution in [0.1, 0.15) is 67.9 Å². The van der Waals surface area contributed by atoms with E-state index in [0.29, 0.717) is 38.0 Å². The Kier molecular flexibility index (Phi) is 8.15. The van der Waals surface area contributed by atoms with Crippen molar-refractivity contribution < 1.29 is 24.2 Å². The molecule has 1 N–H and O–H groups in total. The highest BCUT2D eigenvalue weighted by atomic mass is 16.6. The summed E-state index contributed by atoms with van der Waals surface area (Å²) in [5.74, 6) is 0.479. The lowest BCUT2D eigenvalue weighted by Crippen LogP contribution is -2.79. The van der Waals surface area contributed by atoms with Gasteiger partial charge in [0.05, 0.1) is 17.5 Å². The lowest BCUT2D eigenvalue weighted by molar-refractivity contribution is -0.224. The number of amides is 1. The molecule has 5 atom stereocenters. The molecule has 1 saturated carbocycles. The third kappa shape index (κ3) is 5.23. The number of hydrogen-bond donors (Lipinski definition) is 1. The number of aryl methyl sites for hydroxylation is 1. The molecule has 7 rings (SSSR count). The lowest BCUT2D eigenvalue weighted by atomic mass is 9.48. The Labute approximate surface area is 278 Å². The summed E-state index contributed by atoms with van der Waals surface area (Å²) in [6.45, 7) is 10.0. The second-order valence-corrected chi connectivity index (χ2v) is 14.4. The molecule has 7 nitrogen and oxygen atoms in total. The second kappa shape index (κ2) is 12.2. The van der Waals surface area contributed by atoms with Gasteiger partial charge in [-0.25, -0.2) is 0 Å². The molecule has 1 amide bonds. The Hall–Kier alpha value is -4.10. The smallest absolute Gasteiger partial charge is 0.303 e. The first-order valence-electron chi connectivity index (χ1n) is 17.2. The number of rotatable bonds is 9. The van der Waals surface area contributed by atoms with Crippen LogP contribution >= 0.6 is 0 Å². The Balaban J connectivity index is 1.30. The number of aromatic hydroxyl groups is 1. The summed E-state index contributed by atoms with van der Waals surface area (Å²) < 4.78 is 13.6. The van der Waals surface area contributed by atoms with E-state index in [1.807, 2.05) is 48.2 Å². The third-order valence-electron chi connectivity index (χ3n) is 11.1. The first-order chi connectivity index (χ1) is 22.6. The number of hydrogen-bond acceptors (Lipinski definition) is 6. The van der Waals surface area contributed by atoms with Crippen molar-refractivity contribution >= 4 is 18.0 Å². The van der Waals surface area contributed by atoms with Crippen LogP contribution in [0.15, 0.2) is 72.8 Å². The zero-order valence-electron chi connectivity index (χ0n) is 27.9. The summed E-state index contributed by atoms with van der Waals surface area (Å²) in [5, 5.41) is 11.2. The second-order valence-electron chi connectivity index (χ2n) is 14.4. The van der Waals surface area contributed by atoms with Gasteiger partial charge in [-0.1, -0.05) is 80.1 Å². The quantitative estimate of drug-likeness (QED) is 0.222. The molecule has 2 fully saturated rings. The Morgan fingerprint density at radius 3 is 2.66 bits per heavy atom. The van der Waals surface area contributed by atoms with Crippen LogP contribution in [0.2, 0.25) is 0 Å². The fraction of sp³-hybridized carbons (Fsp3) is 0.450. The SMILES string of the molecule is CC(=O)O[C@@]12CCC(N(CC(C)C)C(=O)/C=C/c3cccc(C)c3)C3Oc4c(O)ccc5c4[C@@]31CCN(CCc1ccccc1)[C@@H]2C5. The molecule has 4 aliphatic rings. The van der Waals surface area contributed by atoms with Gasteiger partial charge in [0.15, 0.2) is 11.5 Å². The summed E-state index contributed by atoms with van der Waals surface area (Å²) >= 11 is 0. The van der Waals surface area contributed by atoms with Crippen LogP contribution in [0.25, 0.3) is 6.08 Å². The number of phenolic OH excluding ortho intramolecular Hbond substituents is 1. The molecule has 246 valence electrons. The number of carbonyl (C=O) groups excluding carboxylic acids is 2. The lowest BCUT2D eigenvalue weighted by Gasteiger charge is -2.65. The van der Waals surface area contributed by atoms with Gasteiger partial charge in [-0.15, -0.1) is 0 Å². The standard InChI is InChI=1S/C40H46N2O5/c1-26(2)25-42(35(45)16-13-30-12-8-9-27(3)23-30)32-17-19-40(47-28(4)43)34-24-31-14-15-33(44)37-36(31)39(40,38(32)46-37)20-22-41(34)21-18-29-10-6-5-7-11-29/h5-16,23,26,32,34,38,44H,17-22,24-25H2,1-4H3/b16-13+/t32?,34-,38?,39+,40-/m1/s1. The minimum absolute atomic E-state index is 0.0469. The number of benzene rings is 3. The number of phenols is 1. The summed E-state index contributed by atoms with van der Waals surface area (Å²) in [5.41, 5.74) is 4.00. The average molecular weight is 635 g/mol. The highest BCUT2D eigenvalue weighted by Gasteiger charge is 2.75. The van der Waals surface area contributed by atoms with E-state index in [-0.39, 0.29) is 35.6 Å². The molecule has 2 unspecified atom stereocenters. The molecule has 3 aromatic carbocycles. The molecule has 2 aliphatic heterocycles. The summed E-state index contributed by atoms with van der Waals surface area (Å²) in [4.78, 5) is 31.8. The molecule has 1 saturated heterocycles. The van der Waals surface area contributed by atoms with Crippen LogP contribution in [-0.2, 0) is 32.6 Å². The topological polar surface area (TPSA) is 79.3 Å². The predicted octanol–water partition coefficient (Wildman–Crippen LogP) is 6.23. The maximum absolute atomic E-state index is 14.2. The number of nitrogens with zero attached hydrogens (tertiary/aromatic N) is 2. The van der Waals surface area contributed by atoms with E-state index < -0.39 is 17.1 Å². The molecule has 47 heavy (non-hydrogen) atoms. The summed E-state index contributed by atoms with van der Waals surface area (Å²) in [6, 6.07) is 22.1. The zero-order chi connectivity index (χ0) is 32.9. The van der Waals surface area contributed by atoms with Gasteiger partial charge in [-0.05, 0) is 80.3 Å². The molecule has 0 radical (unpaired) electrons. The molecule has 2 bridgehead atoms. The van der Waals surface area contributed by atoms with E-state index in [0.717, 1.165) is 41.8 Å². The van der Waals surface area contributed by atoms with Crippen molar-refractivity contribution in [3.05, 3.63) is 101 Å². The van der Waals surface area contributed by atoms with E-state index in [2.05, 4.69) is 49.1 Å². The number of esters is 1. The normalized spacial score (nSPS) is 27.4.